The average Bonchev–Trinajstić information content (AvgIpc) is 3.37. The van der Waals surface area contributed by atoms with Gasteiger partial charge in [-0.2, -0.15) is 23.5 Å². The first-order valence-corrected chi connectivity index (χ1v) is 8.57. The summed E-state index contributed by atoms with van der Waals surface area (Å²) in [6.07, 6.45) is 0.191. The summed E-state index contributed by atoms with van der Waals surface area (Å²) in [5.41, 5.74) is 1.16. The van der Waals surface area contributed by atoms with Crippen molar-refractivity contribution >= 4 is 5.91 Å². The van der Waals surface area contributed by atoms with Crippen LogP contribution in [0.25, 0.3) is 11.1 Å². The summed E-state index contributed by atoms with van der Waals surface area (Å²) in [5, 5.41) is 14.7. The molecule has 0 bridgehead atoms. The maximum Gasteiger partial charge on any atom is 0.435 e. The summed E-state index contributed by atoms with van der Waals surface area (Å²) in [6.45, 7) is 1.32. The molecule has 6 nitrogen and oxygen atoms in total. The molecule has 3 heterocycles. The highest BCUT2D eigenvalue weighted by Crippen LogP contribution is 2.37. The van der Waals surface area contributed by atoms with Gasteiger partial charge < -0.3 is 4.90 Å². The molecule has 1 aromatic carbocycles. The molecule has 2 aromatic rings. The fourth-order valence-electron chi connectivity index (χ4n) is 3.80. The highest BCUT2D eigenvalue weighted by molar-refractivity contribution is 5.83. The number of amides is 1. The van der Waals surface area contributed by atoms with E-state index in [0.29, 0.717) is 31.6 Å². The number of fused-ring (bicyclic) bond motifs is 1. The fourth-order valence-corrected chi connectivity index (χ4v) is 3.80. The molecule has 9 heteroatoms. The number of carbonyl (C=O) groups excluding carboxylic acids is 1. The summed E-state index contributed by atoms with van der Waals surface area (Å²) >= 11 is 0. The minimum atomic E-state index is -4.54. The number of nitriles is 1. The van der Waals surface area contributed by atoms with Crippen LogP contribution in [0.2, 0.25) is 0 Å². The van der Waals surface area contributed by atoms with E-state index in [-0.39, 0.29) is 11.5 Å². The smallest absolute Gasteiger partial charge is 0.332 e. The Morgan fingerprint density at radius 1 is 1.30 bits per heavy atom. The fraction of sp³-hybridized carbons (Fsp3) is 0.389. The van der Waals surface area contributed by atoms with E-state index in [0.717, 1.165) is 17.5 Å². The van der Waals surface area contributed by atoms with Crippen molar-refractivity contribution in [3.05, 3.63) is 41.2 Å². The molecular formula is C18H16F3N5O. The first-order valence-electron chi connectivity index (χ1n) is 8.57. The van der Waals surface area contributed by atoms with Crippen LogP contribution in [0, 0.1) is 11.5 Å². The monoisotopic (exact) mass is 375 g/mol. The van der Waals surface area contributed by atoms with E-state index in [4.69, 9.17) is 5.26 Å². The molecule has 0 saturated carbocycles. The molecule has 1 unspecified atom stereocenters. The number of aromatic amines is 1. The Labute approximate surface area is 153 Å². The zero-order chi connectivity index (χ0) is 19.2. The maximum atomic E-state index is 13.1. The second kappa shape index (κ2) is 6.30. The Bertz CT molecular complexity index is 930. The van der Waals surface area contributed by atoms with Crippen LogP contribution in [0.15, 0.2) is 24.4 Å². The number of nitrogens with one attached hydrogen (secondary N) is 1. The first-order chi connectivity index (χ1) is 12.9. The summed E-state index contributed by atoms with van der Waals surface area (Å²) in [6, 6.07) is 4.61. The van der Waals surface area contributed by atoms with E-state index in [1.165, 1.54) is 11.1 Å². The molecule has 1 N–H and O–H groups in total. The third-order valence-electron chi connectivity index (χ3n) is 5.13. The number of carbonyl (C=O) groups is 1. The lowest BCUT2D eigenvalue weighted by Crippen LogP contribution is -2.41. The van der Waals surface area contributed by atoms with Crippen LogP contribution in [0.4, 0.5) is 13.2 Å². The minimum absolute atomic E-state index is 0.0125. The number of alkyl halides is 3. The van der Waals surface area contributed by atoms with Crippen molar-refractivity contribution in [2.75, 3.05) is 6.54 Å². The van der Waals surface area contributed by atoms with Crippen molar-refractivity contribution < 1.29 is 18.0 Å². The number of H-pyrrole nitrogens is 1. The number of likely N-dealkylation sites (tertiary alicyclic amines) is 1. The summed E-state index contributed by atoms with van der Waals surface area (Å²) in [7, 11) is 0. The molecule has 1 aromatic heterocycles. The van der Waals surface area contributed by atoms with Gasteiger partial charge >= 0.3 is 6.18 Å². The van der Waals surface area contributed by atoms with Crippen LogP contribution in [0.5, 0.6) is 0 Å². The molecule has 27 heavy (non-hydrogen) atoms. The quantitative estimate of drug-likeness (QED) is 0.819. The van der Waals surface area contributed by atoms with Crippen LogP contribution in [0.1, 0.15) is 29.7 Å². The van der Waals surface area contributed by atoms with Gasteiger partial charge in [-0.15, -0.1) is 0 Å². The molecule has 1 fully saturated rings. The molecule has 1 saturated heterocycles. The van der Waals surface area contributed by atoms with Gasteiger partial charge in [-0.3, -0.25) is 14.8 Å². The molecule has 140 valence electrons. The Morgan fingerprint density at radius 2 is 2.07 bits per heavy atom. The molecular weight excluding hydrogens is 359 g/mol. The van der Waals surface area contributed by atoms with E-state index in [1.807, 2.05) is 0 Å². The predicted octanol–water partition coefficient (Wildman–Crippen LogP) is 2.88. The Hall–Kier alpha value is -3.02. The Kier molecular flexibility index (Phi) is 4.06. The second-order valence-corrected chi connectivity index (χ2v) is 6.77. The van der Waals surface area contributed by atoms with E-state index >= 15 is 0 Å². The topological polar surface area (TPSA) is 76.0 Å². The molecule has 1 amide bonds. The van der Waals surface area contributed by atoms with Gasteiger partial charge in [-0.05, 0) is 35.6 Å². The molecule has 0 radical (unpaired) electrons. The highest BCUT2D eigenvalue weighted by atomic mass is 19.4. The van der Waals surface area contributed by atoms with Crippen molar-refractivity contribution in [1.29, 1.82) is 5.26 Å². The van der Waals surface area contributed by atoms with Gasteiger partial charge in [0.1, 0.15) is 6.04 Å². The summed E-state index contributed by atoms with van der Waals surface area (Å²) in [4.78, 5) is 15.9. The second-order valence-electron chi connectivity index (χ2n) is 6.77. The number of hydrogen-bond donors (Lipinski definition) is 1. The highest BCUT2D eigenvalue weighted by Gasteiger charge is 2.38. The Balaban J connectivity index is 1.57. The van der Waals surface area contributed by atoms with E-state index in [2.05, 4.69) is 16.4 Å². The standard InChI is InChI=1S/C18H16F3N5O/c19-18(20,21)16-14(7-23-24-16)11-3-4-12-8-26(9-13(12)6-11)17(27)15-2-1-5-25(15)10-22/h3-4,6-7,15H,1-2,5,8-9H2,(H,23,24). The SMILES string of the molecule is N#CN1CCCC1C(=O)N1Cc2ccc(-c3c[nH]nc3C(F)(F)F)cc2C1. The van der Waals surface area contributed by atoms with Crippen LogP contribution in [-0.2, 0) is 24.1 Å². The molecule has 1 atom stereocenters. The van der Waals surface area contributed by atoms with Gasteiger partial charge in [0.25, 0.3) is 0 Å². The Morgan fingerprint density at radius 3 is 2.81 bits per heavy atom. The van der Waals surface area contributed by atoms with Crippen molar-refractivity contribution in [2.45, 2.75) is 38.1 Å². The number of aromatic nitrogens is 2. The largest absolute Gasteiger partial charge is 0.435 e. The lowest BCUT2D eigenvalue weighted by atomic mass is 10.0. The normalized spacial score (nSPS) is 19.3. The van der Waals surface area contributed by atoms with Crippen molar-refractivity contribution in [2.24, 2.45) is 0 Å². The van der Waals surface area contributed by atoms with E-state index in [1.54, 1.807) is 23.1 Å². The molecule has 2 aliphatic rings. The van der Waals surface area contributed by atoms with Gasteiger partial charge in [0.15, 0.2) is 11.9 Å². The minimum Gasteiger partial charge on any atom is -0.332 e. The zero-order valence-corrected chi connectivity index (χ0v) is 14.3. The average molecular weight is 375 g/mol. The third kappa shape index (κ3) is 3.01. The number of rotatable bonds is 2. The number of hydrogen-bond acceptors (Lipinski definition) is 4. The zero-order valence-electron chi connectivity index (χ0n) is 14.3. The predicted molar refractivity (Wildman–Crippen MR) is 88.6 cm³/mol. The van der Waals surface area contributed by atoms with E-state index < -0.39 is 17.9 Å². The van der Waals surface area contributed by atoms with Crippen LogP contribution in [0.3, 0.4) is 0 Å². The van der Waals surface area contributed by atoms with Crippen LogP contribution in [-0.4, -0.2) is 38.5 Å². The number of benzene rings is 1. The molecule has 2 aliphatic heterocycles. The van der Waals surface area contributed by atoms with E-state index in [9.17, 15) is 18.0 Å². The summed E-state index contributed by atoms with van der Waals surface area (Å²) in [5.74, 6) is -0.105. The van der Waals surface area contributed by atoms with Gasteiger partial charge in [0.05, 0.1) is 0 Å². The van der Waals surface area contributed by atoms with Gasteiger partial charge in [-0.25, -0.2) is 0 Å². The summed E-state index contributed by atoms with van der Waals surface area (Å²) < 4.78 is 39.3. The molecule has 0 aliphatic carbocycles. The number of halogens is 3. The van der Waals surface area contributed by atoms with Crippen molar-refractivity contribution in [3.8, 4) is 17.3 Å². The van der Waals surface area contributed by atoms with Gasteiger partial charge in [0.2, 0.25) is 5.91 Å². The lowest BCUT2D eigenvalue weighted by molar-refractivity contribution is -0.140. The van der Waals surface area contributed by atoms with Crippen LogP contribution < -0.4 is 0 Å². The first kappa shape index (κ1) is 17.4. The third-order valence-corrected chi connectivity index (χ3v) is 5.13. The van der Waals surface area contributed by atoms with Gasteiger partial charge in [-0.1, -0.05) is 12.1 Å². The van der Waals surface area contributed by atoms with Crippen molar-refractivity contribution in [3.63, 3.8) is 0 Å². The number of nitrogens with zero attached hydrogens (tertiary/aromatic N) is 4. The van der Waals surface area contributed by atoms with Crippen LogP contribution >= 0.6 is 0 Å². The van der Waals surface area contributed by atoms with Crippen molar-refractivity contribution in [1.82, 2.24) is 20.0 Å². The molecule has 4 rings (SSSR count). The lowest BCUT2D eigenvalue weighted by Gasteiger charge is -2.23. The molecule has 0 spiro atoms. The maximum absolute atomic E-state index is 13.1. The van der Waals surface area contributed by atoms with Gasteiger partial charge in [0, 0.05) is 31.4 Å².